The number of benzene rings is 2. The van der Waals surface area contributed by atoms with Crippen LogP contribution in [-0.4, -0.2) is 44.2 Å². The third kappa shape index (κ3) is 4.30. The molecule has 0 saturated carbocycles. The smallest absolute Gasteiger partial charge is 0.224 e. The van der Waals surface area contributed by atoms with Gasteiger partial charge >= 0.3 is 0 Å². The number of carbonyl (C=O) groups excluding carboxylic acids is 1. The summed E-state index contributed by atoms with van der Waals surface area (Å²) in [5, 5.41) is 3.16. The fourth-order valence-electron chi connectivity index (χ4n) is 4.17. The van der Waals surface area contributed by atoms with Crippen LogP contribution in [0, 0.1) is 0 Å². The van der Waals surface area contributed by atoms with Crippen molar-refractivity contribution >= 4 is 5.91 Å². The van der Waals surface area contributed by atoms with E-state index in [4.69, 9.17) is 9.47 Å². The standard InChI is InChI=1S/C23H28N2O3/c1-27-20-6-4-5-18(15-20)21(25-10-2-3-11-25)16-24-23(26)14-17-7-8-22-19(13-17)9-12-28-22/h4-8,13,15,21H,2-3,9-12,14,16H2,1H3,(H,24,26). The molecule has 2 aliphatic rings. The zero-order chi connectivity index (χ0) is 19.3. The van der Waals surface area contributed by atoms with Crippen LogP contribution in [-0.2, 0) is 17.6 Å². The molecule has 0 spiro atoms. The summed E-state index contributed by atoms with van der Waals surface area (Å²) in [6, 6.07) is 14.4. The molecule has 0 aromatic heterocycles. The lowest BCUT2D eigenvalue weighted by Crippen LogP contribution is -2.37. The van der Waals surface area contributed by atoms with Gasteiger partial charge in [0.1, 0.15) is 11.5 Å². The second kappa shape index (κ2) is 8.65. The van der Waals surface area contributed by atoms with Crippen molar-refractivity contribution in [1.29, 1.82) is 0 Å². The normalized spacial score (nSPS) is 17.0. The number of hydrogen-bond donors (Lipinski definition) is 1. The molecule has 0 radical (unpaired) electrons. The quantitative estimate of drug-likeness (QED) is 0.802. The first kappa shape index (κ1) is 18.8. The van der Waals surface area contributed by atoms with Gasteiger partial charge in [0.05, 0.1) is 26.2 Å². The first-order valence-electron chi connectivity index (χ1n) is 10.1. The van der Waals surface area contributed by atoms with Gasteiger partial charge in [0.15, 0.2) is 0 Å². The number of ether oxygens (including phenoxy) is 2. The average molecular weight is 380 g/mol. The Morgan fingerprint density at radius 2 is 2.07 bits per heavy atom. The fourth-order valence-corrected chi connectivity index (χ4v) is 4.17. The number of amides is 1. The van der Waals surface area contributed by atoms with E-state index in [9.17, 15) is 4.79 Å². The number of hydrogen-bond acceptors (Lipinski definition) is 4. The molecule has 5 heteroatoms. The van der Waals surface area contributed by atoms with Gasteiger partial charge in [-0.15, -0.1) is 0 Å². The lowest BCUT2D eigenvalue weighted by molar-refractivity contribution is -0.120. The summed E-state index contributed by atoms with van der Waals surface area (Å²) in [4.78, 5) is 15.1. The minimum atomic E-state index is 0.0611. The molecule has 1 saturated heterocycles. The molecular weight excluding hydrogens is 352 g/mol. The molecule has 148 valence electrons. The van der Waals surface area contributed by atoms with Crippen LogP contribution in [0.25, 0.3) is 0 Å². The van der Waals surface area contributed by atoms with Crippen molar-refractivity contribution < 1.29 is 14.3 Å². The Hall–Kier alpha value is -2.53. The zero-order valence-electron chi connectivity index (χ0n) is 16.4. The molecule has 2 aromatic carbocycles. The topological polar surface area (TPSA) is 50.8 Å². The maximum absolute atomic E-state index is 12.6. The van der Waals surface area contributed by atoms with E-state index < -0.39 is 0 Å². The van der Waals surface area contributed by atoms with E-state index in [0.29, 0.717) is 13.0 Å². The summed E-state index contributed by atoms with van der Waals surface area (Å²) in [7, 11) is 1.69. The summed E-state index contributed by atoms with van der Waals surface area (Å²) in [6.07, 6.45) is 3.76. The van der Waals surface area contributed by atoms with Crippen molar-refractivity contribution in [2.45, 2.75) is 31.7 Å². The zero-order valence-corrected chi connectivity index (χ0v) is 16.4. The van der Waals surface area contributed by atoms with Crippen LogP contribution >= 0.6 is 0 Å². The maximum Gasteiger partial charge on any atom is 0.224 e. The molecule has 28 heavy (non-hydrogen) atoms. The maximum atomic E-state index is 12.6. The Labute approximate surface area is 166 Å². The third-order valence-corrected chi connectivity index (χ3v) is 5.67. The molecule has 1 fully saturated rings. The molecule has 5 nitrogen and oxygen atoms in total. The lowest BCUT2D eigenvalue weighted by Gasteiger charge is -2.28. The minimum Gasteiger partial charge on any atom is -0.497 e. The van der Waals surface area contributed by atoms with Gasteiger partial charge in [-0.1, -0.05) is 24.3 Å². The molecule has 1 amide bonds. The highest BCUT2D eigenvalue weighted by Gasteiger charge is 2.24. The van der Waals surface area contributed by atoms with E-state index in [1.54, 1.807) is 7.11 Å². The number of fused-ring (bicyclic) bond motifs is 1. The number of likely N-dealkylation sites (tertiary alicyclic amines) is 1. The van der Waals surface area contributed by atoms with Gasteiger partial charge in [0, 0.05) is 13.0 Å². The van der Waals surface area contributed by atoms with Crippen molar-refractivity contribution in [3.8, 4) is 11.5 Å². The van der Waals surface area contributed by atoms with Gasteiger partial charge in [0.2, 0.25) is 5.91 Å². The largest absolute Gasteiger partial charge is 0.497 e. The van der Waals surface area contributed by atoms with Gasteiger partial charge in [-0.3, -0.25) is 9.69 Å². The molecule has 0 bridgehead atoms. The summed E-state index contributed by atoms with van der Waals surface area (Å²) in [5.41, 5.74) is 3.44. The molecule has 0 aliphatic carbocycles. The van der Waals surface area contributed by atoms with Crippen LogP contribution in [0.15, 0.2) is 42.5 Å². The van der Waals surface area contributed by atoms with Crippen molar-refractivity contribution in [2.24, 2.45) is 0 Å². The van der Waals surface area contributed by atoms with E-state index in [0.717, 1.165) is 43.2 Å². The van der Waals surface area contributed by atoms with Crippen LogP contribution in [0.2, 0.25) is 0 Å². The van der Waals surface area contributed by atoms with E-state index in [-0.39, 0.29) is 11.9 Å². The third-order valence-electron chi connectivity index (χ3n) is 5.67. The molecule has 2 aromatic rings. The molecule has 1 N–H and O–H groups in total. The monoisotopic (exact) mass is 380 g/mol. The van der Waals surface area contributed by atoms with E-state index in [1.165, 1.54) is 24.0 Å². The first-order valence-corrected chi connectivity index (χ1v) is 10.1. The van der Waals surface area contributed by atoms with Crippen molar-refractivity contribution in [1.82, 2.24) is 10.2 Å². The van der Waals surface area contributed by atoms with E-state index in [2.05, 4.69) is 28.4 Å². The van der Waals surface area contributed by atoms with Crippen molar-refractivity contribution in [2.75, 3.05) is 33.4 Å². The van der Waals surface area contributed by atoms with Gasteiger partial charge in [-0.05, 0) is 60.8 Å². The molecular formula is C23H28N2O3. The second-order valence-electron chi connectivity index (χ2n) is 7.56. The molecule has 2 heterocycles. The highest BCUT2D eigenvalue weighted by molar-refractivity contribution is 5.78. The molecule has 4 rings (SSSR count). The second-order valence-corrected chi connectivity index (χ2v) is 7.56. The summed E-state index contributed by atoms with van der Waals surface area (Å²) in [6.45, 7) is 3.49. The fraction of sp³-hybridized carbons (Fsp3) is 0.435. The van der Waals surface area contributed by atoms with Gasteiger partial charge < -0.3 is 14.8 Å². The Balaban J connectivity index is 1.41. The van der Waals surface area contributed by atoms with Crippen LogP contribution in [0.3, 0.4) is 0 Å². The van der Waals surface area contributed by atoms with Gasteiger partial charge in [-0.25, -0.2) is 0 Å². The molecule has 1 atom stereocenters. The molecule has 1 unspecified atom stereocenters. The number of rotatable bonds is 7. The predicted molar refractivity (Wildman–Crippen MR) is 109 cm³/mol. The van der Waals surface area contributed by atoms with Crippen molar-refractivity contribution in [3.63, 3.8) is 0 Å². The van der Waals surface area contributed by atoms with E-state index >= 15 is 0 Å². The number of carbonyl (C=O) groups is 1. The van der Waals surface area contributed by atoms with Crippen LogP contribution in [0.1, 0.15) is 35.6 Å². The Morgan fingerprint density at radius 1 is 1.21 bits per heavy atom. The van der Waals surface area contributed by atoms with Crippen molar-refractivity contribution in [3.05, 3.63) is 59.2 Å². The Bertz CT molecular complexity index is 830. The van der Waals surface area contributed by atoms with Crippen LogP contribution in [0.5, 0.6) is 11.5 Å². The highest BCUT2D eigenvalue weighted by atomic mass is 16.5. The van der Waals surface area contributed by atoms with E-state index in [1.807, 2.05) is 24.3 Å². The summed E-state index contributed by atoms with van der Waals surface area (Å²) >= 11 is 0. The van der Waals surface area contributed by atoms with Crippen LogP contribution < -0.4 is 14.8 Å². The Morgan fingerprint density at radius 3 is 2.89 bits per heavy atom. The van der Waals surface area contributed by atoms with Gasteiger partial charge in [-0.2, -0.15) is 0 Å². The SMILES string of the molecule is COc1cccc(C(CNC(=O)Cc2ccc3c(c2)CCO3)N2CCCC2)c1. The van der Waals surface area contributed by atoms with Crippen LogP contribution in [0.4, 0.5) is 0 Å². The highest BCUT2D eigenvalue weighted by Crippen LogP contribution is 2.28. The Kier molecular flexibility index (Phi) is 5.81. The summed E-state index contributed by atoms with van der Waals surface area (Å²) in [5.74, 6) is 1.87. The predicted octanol–water partition coefficient (Wildman–Crippen LogP) is 3.13. The number of nitrogens with one attached hydrogen (secondary N) is 1. The van der Waals surface area contributed by atoms with Gasteiger partial charge in [0.25, 0.3) is 0 Å². The minimum absolute atomic E-state index is 0.0611. The lowest BCUT2D eigenvalue weighted by atomic mass is 10.0. The molecule has 2 aliphatic heterocycles. The number of methoxy groups -OCH3 is 1. The first-order chi connectivity index (χ1) is 13.7. The summed E-state index contributed by atoms with van der Waals surface area (Å²) < 4.78 is 10.9. The average Bonchev–Trinajstić information content (AvgIpc) is 3.40. The number of nitrogens with zero attached hydrogens (tertiary/aromatic N) is 1.